The van der Waals surface area contributed by atoms with Gasteiger partial charge in [0.15, 0.2) is 5.92 Å². The summed E-state index contributed by atoms with van der Waals surface area (Å²) >= 11 is 0. The number of hydrogen-bond acceptors (Lipinski definition) is 1. The lowest BCUT2D eigenvalue weighted by Crippen LogP contribution is -2.41. The van der Waals surface area contributed by atoms with Crippen molar-refractivity contribution >= 4 is 0 Å². The Labute approximate surface area is 105 Å². The second kappa shape index (κ2) is 5.03. The molecule has 0 saturated carbocycles. The van der Waals surface area contributed by atoms with Crippen LogP contribution in [-0.4, -0.2) is 17.5 Å². The number of aryl methyl sites for hydroxylation is 1. The molecule has 19 heavy (non-hydrogen) atoms. The van der Waals surface area contributed by atoms with Gasteiger partial charge in [0.2, 0.25) is 0 Å². The smallest absolute Gasteiger partial charge is 0.387 e. The van der Waals surface area contributed by atoms with Crippen molar-refractivity contribution < 1.29 is 31.4 Å². The van der Waals surface area contributed by atoms with Gasteiger partial charge in [-0.2, -0.15) is 26.3 Å². The Morgan fingerprint density at radius 3 is 1.84 bits per heavy atom. The molecule has 0 aliphatic carbocycles. The monoisotopic (exact) mass is 286 g/mol. The zero-order valence-electron chi connectivity index (χ0n) is 10.1. The summed E-state index contributed by atoms with van der Waals surface area (Å²) in [6, 6.07) is 3.92. The zero-order chi connectivity index (χ0) is 15.0. The lowest BCUT2D eigenvalue weighted by atomic mass is 9.90. The number of hydrogen-bond donors (Lipinski definition) is 1. The van der Waals surface area contributed by atoms with Crippen molar-refractivity contribution in [3.8, 4) is 0 Å². The summed E-state index contributed by atoms with van der Waals surface area (Å²) in [5.41, 5.74) is 0.368. The van der Waals surface area contributed by atoms with Crippen LogP contribution in [0.15, 0.2) is 18.2 Å². The van der Waals surface area contributed by atoms with Gasteiger partial charge in [-0.3, -0.25) is 0 Å². The lowest BCUT2D eigenvalue weighted by Gasteiger charge is -2.28. The van der Waals surface area contributed by atoms with E-state index in [0.717, 1.165) is 6.07 Å². The van der Waals surface area contributed by atoms with Crippen LogP contribution in [0.4, 0.5) is 26.3 Å². The predicted molar refractivity (Wildman–Crippen MR) is 56.5 cm³/mol. The minimum Gasteiger partial charge on any atom is -0.387 e. The van der Waals surface area contributed by atoms with E-state index >= 15 is 0 Å². The first-order valence-corrected chi connectivity index (χ1v) is 5.34. The van der Waals surface area contributed by atoms with Gasteiger partial charge < -0.3 is 5.11 Å². The van der Waals surface area contributed by atoms with Gasteiger partial charge in [0, 0.05) is 0 Å². The molecule has 0 aromatic heterocycles. The first-order chi connectivity index (χ1) is 8.46. The van der Waals surface area contributed by atoms with Gasteiger partial charge in [0.05, 0.1) is 6.10 Å². The highest BCUT2D eigenvalue weighted by molar-refractivity contribution is 5.35. The summed E-state index contributed by atoms with van der Waals surface area (Å²) in [5, 5.41) is 9.52. The van der Waals surface area contributed by atoms with Gasteiger partial charge in [0.25, 0.3) is 0 Å². The SMILES string of the molecule is Cc1cccc(C(O)C(C(F)(F)F)C(F)(F)F)c1C. The van der Waals surface area contributed by atoms with Crippen LogP contribution in [0.25, 0.3) is 0 Å². The van der Waals surface area contributed by atoms with Crippen molar-refractivity contribution in [2.45, 2.75) is 32.3 Å². The van der Waals surface area contributed by atoms with Gasteiger partial charge in [0.1, 0.15) is 0 Å². The fraction of sp³-hybridized carbons (Fsp3) is 0.500. The van der Waals surface area contributed by atoms with E-state index in [0.29, 0.717) is 5.56 Å². The number of alkyl halides is 6. The Hall–Kier alpha value is -1.24. The molecule has 0 amide bonds. The largest absolute Gasteiger partial charge is 0.403 e. The second-order valence-corrected chi connectivity index (χ2v) is 4.29. The average Bonchev–Trinajstić information content (AvgIpc) is 2.17. The molecule has 1 unspecified atom stereocenters. The van der Waals surface area contributed by atoms with Crippen molar-refractivity contribution in [3.63, 3.8) is 0 Å². The van der Waals surface area contributed by atoms with Gasteiger partial charge in [-0.05, 0) is 30.5 Å². The van der Waals surface area contributed by atoms with E-state index in [1.54, 1.807) is 13.0 Å². The van der Waals surface area contributed by atoms with Crippen LogP contribution in [0.5, 0.6) is 0 Å². The molecule has 0 aliphatic heterocycles. The Balaban J connectivity index is 3.28. The van der Waals surface area contributed by atoms with Crippen molar-refractivity contribution in [2.75, 3.05) is 0 Å². The summed E-state index contributed by atoms with van der Waals surface area (Å²) in [5.74, 6) is -3.79. The van der Waals surface area contributed by atoms with E-state index in [1.165, 1.54) is 13.0 Å². The molecule has 0 bridgehead atoms. The first kappa shape index (κ1) is 15.8. The topological polar surface area (TPSA) is 20.2 Å². The van der Waals surface area contributed by atoms with Crippen LogP contribution < -0.4 is 0 Å². The maximum absolute atomic E-state index is 12.5. The summed E-state index contributed by atoms with van der Waals surface area (Å²) in [6.45, 7) is 2.92. The van der Waals surface area contributed by atoms with Crippen LogP contribution >= 0.6 is 0 Å². The van der Waals surface area contributed by atoms with Crippen LogP contribution in [-0.2, 0) is 0 Å². The van der Waals surface area contributed by atoms with E-state index in [9.17, 15) is 31.4 Å². The maximum atomic E-state index is 12.5. The lowest BCUT2D eigenvalue weighted by molar-refractivity contribution is -0.307. The van der Waals surface area contributed by atoms with Gasteiger partial charge in [-0.25, -0.2) is 0 Å². The maximum Gasteiger partial charge on any atom is 0.403 e. The molecule has 108 valence electrons. The van der Waals surface area contributed by atoms with E-state index in [2.05, 4.69) is 0 Å². The van der Waals surface area contributed by atoms with Gasteiger partial charge >= 0.3 is 12.4 Å². The van der Waals surface area contributed by atoms with Crippen molar-refractivity contribution in [3.05, 3.63) is 34.9 Å². The molecule has 1 N–H and O–H groups in total. The fourth-order valence-corrected chi connectivity index (χ4v) is 1.82. The molecule has 1 aromatic rings. The number of aliphatic hydroxyl groups is 1. The number of aliphatic hydroxyl groups excluding tert-OH is 1. The molecule has 1 aromatic carbocycles. The zero-order valence-corrected chi connectivity index (χ0v) is 10.1. The predicted octanol–water partition coefficient (Wildman–Crippen LogP) is 4.08. The molecule has 1 atom stereocenters. The van der Waals surface area contributed by atoms with E-state index in [1.807, 2.05) is 0 Å². The molecule has 0 fully saturated rings. The first-order valence-electron chi connectivity index (χ1n) is 5.34. The van der Waals surface area contributed by atoms with Crippen molar-refractivity contribution in [1.82, 2.24) is 0 Å². The highest BCUT2D eigenvalue weighted by Gasteiger charge is 2.60. The molecule has 1 rings (SSSR count). The van der Waals surface area contributed by atoms with Crippen LogP contribution in [0.1, 0.15) is 22.8 Å². The highest BCUT2D eigenvalue weighted by atomic mass is 19.4. The quantitative estimate of drug-likeness (QED) is 0.812. The summed E-state index contributed by atoms with van der Waals surface area (Å²) < 4.78 is 75.0. The molecule has 0 spiro atoms. The van der Waals surface area contributed by atoms with Gasteiger partial charge in [-0.1, -0.05) is 18.2 Å². The third-order valence-corrected chi connectivity index (χ3v) is 2.99. The molecule has 0 saturated heterocycles. The number of rotatable bonds is 2. The minimum atomic E-state index is -5.56. The molecule has 0 heterocycles. The summed E-state index contributed by atoms with van der Waals surface area (Å²) in [7, 11) is 0. The standard InChI is InChI=1S/C12H12F6O/c1-6-4-3-5-8(7(6)2)9(19)10(11(13,14)15)12(16,17)18/h3-5,9-10,19H,1-2H3. The number of halogens is 6. The third-order valence-electron chi connectivity index (χ3n) is 2.99. The molecular formula is C12H12F6O. The Kier molecular flexibility index (Phi) is 4.19. The Morgan fingerprint density at radius 1 is 0.947 bits per heavy atom. The second-order valence-electron chi connectivity index (χ2n) is 4.29. The molecule has 7 heteroatoms. The van der Waals surface area contributed by atoms with E-state index in [-0.39, 0.29) is 11.1 Å². The van der Waals surface area contributed by atoms with Crippen molar-refractivity contribution in [1.29, 1.82) is 0 Å². The molecular weight excluding hydrogens is 274 g/mol. The van der Waals surface area contributed by atoms with Crippen LogP contribution in [0.2, 0.25) is 0 Å². The average molecular weight is 286 g/mol. The van der Waals surface area contributed by atoms with E-state index < -0.39 is 24.4 Å². The van der Waals surface area contributed by atoms with Crippen LogP contribution in [0.3, 0.4) is 0 Å². The molecule has 1 nitrogen and oxygen atoms in total. The Bertz CT molecular complexity index is 435. The van der Waals surface area contributed by atoms with Crippen LogP contribution in [0, 0.1) is 19.8 Å². The van der Waals surface area contributed by atoms with Crippen molar-refractivity contribution in [2.24, 2.45) is 5.92 Å². The molecule has 0 radical (unpaired) electrons. The Morgan fingerprint density at radius 2 is 1.42 bits per heavy atom. The third kappa shape index (κ3) is 3.40. The van der Waals surface area contributed by atoms with Gasteiger partial charge in [-0.15, -0.1) is 0 Å². The summed E-state index contributed by atoms with van der Waals surface area (Å²) in [6.07, 6.45) is -13.8. The van der Waals surface area contributed by atoms with E-state index in [4.69, 9.17) is 0 Å². The highest BCUT2D eigenvalue weighted by Crippen LogP contribution is 2.46. The number of benzene rings is 1. The fourth-order valence-electron chi connectivity index (χ4n) is 1.82. The summed E-state index contributed by atoms with van der Waals surface area (Å²) in [4.78, 5) is 0. The minimum absolute atomic E-state index is 0.216. The molecule has 0 aliphatic rings. The normalized spacial score (nSPS) is 14.8.